The van der Waals surface area contributed by atoms with Crippen molar-refractivity contribution >= 4 is 5.78 Å². The third-order valence-corrected chi connectivity index (χ3v) is 2.66. The summed E-state index contributed by atoms with van der Waals surface area (Å²) in [6.45, 7) is 1.36. The summed E-state index contributed by atoms with van der Waals surface area (Å²) in [6.07, 6.45) is -1.80. The van der Waals surface area contributed by atoms with Crippen LogP contribution in [0.5, 0.6) is 5.75 Å². The molecule has 1 aliphatic rings. The van der Waals surface area contributed by atoms with Gasteiger partial charge in [-0.15, -0.1) is 8.78 Å². The van der Waals surface area contributed by atoms with E-state index in [1.807, 2.05) is 0 Å². The molecule has 2 rings (SSSR count). The Labute approximate surface area is 104 Å². The molecule has 0 spiro atoms. The lowest BCUT2D eigenvalue weighted by atomic mass is 10.1. The molecular formula is C13H14F2O3. The van der Waals surface area contributed by atoms with E-state index >= 15 is 0 Å². The molecule has 0 amide bonds. The van der Waals surface area contributed by atoms with Gasteiger partial charge in [0.05, 0.1) is 6.61 Å². The van der Waals surface area contributed by atoms with E-state index in [9.17, 15) is 13.6 Å². The molecule has 0 bridgehead atoms. The SMILES string of the molecule is CC(=O)c1cccc(OC(F)(F)OCC2CC2)c1. The van der Waals surface area contributed by atoms with Crippen LogP contribution in [0.3, 0.4) is 0 Å². The largest absolute Gasteiger partial charge is 0.535 e. The van der Waals surface area contributed by atoms with E-state index in [0.29, 0.717) is 5.56 Å². The first-order chi connectivity index (χ1) is 8.46. The minimum atomic E-state index is -3.65. The molecule has 0 unspecified atom stereocenters. The smallest absolute Gasteiger partial charge is 0.409 e. The van der Waals surface area contributed by atoms with Crippen molar-refractivity contribution in [3.05, 3.63) is 29.8 Å². The maximum absolute atomic E-state index is 13.3. The summed E-state index contributed by atoms with van der Waals surface area (Å²) in [4.78, 5) is 11.1. The van der Waals surface area contributed by atoms with Gasteiger partial charge in [-0.3, -0.25) is 9.53 Å². The van der Waals surface area contributed by atoms with Crippen LogP contribution in [0.15, 0.2) is 24.3 Å². The quantitative estimate of drug-likeness (QED) is 0.579. The molecule has 0 heterocycles. The third-order valence-electron chi connectivity index (χ3n) is 2.66. The van der Waals surface area contributed by atoms with Crippen LogP contribution in [0, 0.1) is 5.92 Å². The van der Waals surface area contributed by atoms with Crippen molar-refractivity contribution < 1.29 is 23.0 Å². The Balaban J connectivity index is 1.97. The molecule has 98 valence electrons. The van der Waals surface area contributed by atoms with Crippen LogP contribution >= 0.6 is 0 Å². The van der Waals surface area contributed by atoms with Gasteiger partial charge >= 0.3 is 6.29 Å². The fourth-order valence-corrected chi connectivity index (χ4v) is 1.44. The first kappa shape index (κ1) is 13.0. The van der Waals surface area contributed by atoms with Crippen molar-refractivity contribution in [3.8, 4) is 5.75 Å². The van der Waals surface area contributed by atoms with Gasteiger partial charge in [-0.1, -0.05) is 12.1 Å². The topological polar surface area (TPSA) is 35.5 Å². The number of hydrogen-bond acceptors (Lipinski definition) is 3. The van der Waals surface area contributed by atoms with E-state index in [1.165, 1.54) is 25.1 Å². The summed E-state index contributed by atoms with van der Waals surface area (Å²) < 4.78 is 35.5. The summed E-state index contributed by atoms with van der Waals surface area (Å²) >= 11 is 0. The van der Waals surface area contributed by atoms with Crippen LogP contribution in [-0.4, -0.2) is 18.7 Å². The number of carbonyl (C=O) groups is 1. The molecule has 1 aromatic rings. The molecule has 3 nitrogen and oxygen atoms in total. The molecule has 0 aliphatic heterocycles. The minimum absolute atomic E-state index is 0.000596. The third kappa shape index (κ3) is 3.77. The van der Waals surface area contributed by atoms with Crippen LogP contribution in [-0.2, 0) is 4.74 Å². The van der Waals surface area contributed by atoms with Crippen molar-refractivity contribution in [1.29, 1.82) is 0 Å². The Morgan fingerprint density at radius 1 is 1.44 bits per heavy atom. The average Bonchev–Trinajstić information content (AvgIpc) is 3.10. The van der Waals surface area contributed by atoms with Crippen LogP contribution in [0.2, 0.25) is 0 Å². The molecule has 0 N–H and O–H groups in total. The van der Waals surface area contributed by atoms with Gasteiger partial charge in [0.25, 0.3) is 0 Å². The molecule has 5 heteroatoms. The zero-order chi connectivity index (χ0) is 13.2. The molecular weight excluding hydrogens is 242 g/mol. The lowest BCUT2D eigenvalue weighted by Gasteiger charge is -2.17. The Morgan fingerprint density at radius 2 is 2.17 bits per heavy atom. The van der Waals surface area contributed by atoms with Crippen LogP contribution in [0.1, 0.15) is 30.1 Å². The zero-order valence-corrected chi connectivity index (χ0v) is 9.99. The van der Waals surface area contributed by atoms with Crippen LogP contribution in [0.4, 0.5) is 8.78 Å². The number of benzene rings is 1. The number of rotatable bonds is 6. The summed E-state index contributed by atoms with van der Waals surface area (Å²) in [5, 5.41) is 0. The molecule has 0 radical (unpaired) electrons. The van der Waals surface area contributed by atoms with Gasteiger partial charge < -0.3 is 4.74 Å². The molecule has 0 saturated heterocycles. The normalized spacial score (nSPS) is 15.5. The lowest BCUT2D eigenvalue weighted by molar-refractivity contribution is -0.354. The second kappa shape index (κ2) is 5.02. The number of carbonyl (C=O) groups excluding carboxylic acids is 1. The highest BCUT2D eigenvalue weighted by Gasteiger charge is 2.36. The maximum Gasteiger partial charge on any atom is 0.535 e. The zero-order valence-electron chi connectivity index (χ0n) is 9.99. The molecule has 1 saturated carbocycles. The molecule has 0 atom stereocenters. The fourth-order valence-electron chi connectivity index (χ4n) is 1.44. The lowest BCUT2D eigenvalue weighted by Crippen LogP contribution is -2.29. The number of ketones is 1. The first-order valence-electron chi connectivity index (χ1n) is 5.78. The van der Waals surface area contributed by atoms with E-state index in [-0.39, 0.29) is 24.1 Å². The highest BCUT2D eigenvalue weighted by molar-refractivity contribution is 5.94. The van der Waals surface area contributed by atoms with E-state index in [2.05, 4.69) is 9.47 Å². The van der Waals surface area contributed by atoms with E-state index < -0.39 is 6.29 Å². The van der Waals surface area contributed by atoms with Gasteiger partial charge in [0.2, 0.25) is 0 Å². The Bertz CT molecular complexity index is 442. The summed E-state index contributed by atoms with van der Waals surface area (Å²) in [5.41, 5.74) is 0.325. The average molecular weight is 256 g/mol. The van der Waals surface area contributed by atoms with E-state index in [1.54, 1.807) is 6.07 Å². The number of Topliss-reactive ketones (excluding diaryl/α,β-unsaturated/α-hetero) is 1. The maximum atomic E-state index is 13.3. The number of halogens is 2. The van der Waals surface area contributed by atoms with Crippen molar-refractivity contribution in [2.75, 3.05) is 6.61 Å². The first-order valence-corrected chi connectivity index (χ1v) is 5.78. The molecule has 18 heavy (non-hydrogen) atoms. The van der Waals surface area contributed by atoms with Gasteiger partial charge in [0.1, 0.15) is 5.75 Å². The number of alkyl halides is 2. The predicted molar refractivity (Wildman–Crippen MR) is 60.7 cm³/mol. The van der Waals surface area contributed by atoms with Gasteiger partial charge in [-0.2, -0.15) is 0 Å². The molecule has 1 aromatic carbocycles. The molecule has 1 fully saturated rings. The van der Waals surface area contributed by atoms with Gasteiger partial charge in [-0.25, -0.2) is 0 Å². The van der Waals surface area contributed by atoms with Crippen molar-refractivity contribution in [2.24, 2.45) is 5.92 Å². The van der Waals surface area contributed by atoms with Crippen molar-refractivity contribution in [2.45, 2.75) is 26.1 Å². The van der Waals surface area contributed by atoms with Crippen LogP contribution < -0.4 is 4.74 Å². The molecule has 1 aliphatic carbocycles. The second-order valence-electron chi connectivity index (χ2n) is 4.40. The highest BCUT2D eigenvalue weighted by atomic mass is 19.3. The van der Waals surface area contributed by atoms with E-state index in [4.69, 9.17) is 0 Å². The van der Waals surface area contributed by atoms with Gasteiger partial charge in [0.15, 0.2) is 5.78 Å². The Kier molecular flexibility index (Phi) is 3.61. The van der Waals surface area contributed by atoms with E-state index in [0.717, 1.165) is 12.8 Å². The second-order valence-corrected chi connectivity index (χ2v) is 4.40. The van der Waals surface area contributed by atoms with Crippen molar-refractivity contribution in [1.82, 2.24) is 0 Å². The number of hydrogen-bond donors (Lipinski definition) is 0. The minimum Gasteiger partial charge on any atom is -0.409 e. The Morgan fingerprint density at radius 3 is 2.78 bits per heavy atom. The summed E-state index contributed by atoms with van der Waals surface area (Å²) in [6, 6.07) is 5.67. The predicted octanol–water partition coefficient (Wildman–Crippen LogP) is 3.24. The van der Waals surface area contributed by atoms with Gasteiger partial charge in [-0.05, 0) is 37.8 Å². The number of ether oxygens (including phenoxy) is 2. The van der Waals surface area contributed by atoms with Crippen LogP contribution in [0.25, 0.3) is 0 Å². The summed E-state index contributed by atoms with van der Waals surface area (Å²) in [5.74, 6) is -0.0609. The fraction of sp³-hybridized carbons (Fsp3) is 0.462. The highest BCUT2D eigenvalue weighted by Crippen LogP contribution is 2.32. The summed E-state index contributed by atoms with van der Waals surface area (Å²) in [7, 11) is 0. The monoisotopic (exact) mass is 256 g/mol. The van der Waals surface area contributed by atoms with Crippen molar-refractivity contribution in [3.63, 3.8) is 0 Å². The standard InChI is InChI=1S/C13H14F2O3/c1-9(16)11-3-2-4-12(7-11)18-13(14,15)17-8-10-5-6-10/h2-4,7,10H,5-6,8H2,1H3. The Hall–Kier alpha value is -1.49. The molecule has 0 aromatic heterocycles. The van der Waals surface area contributed by atoms with Gasteiger partial charge in [0, 0.05) is 5.56 Å².